The minimum atomic E-state index is 0.883. The average Bonchev–Trinajstić information content (AvgIpc) is 3.53. The van der Waals surface area contributed by atoms with Crippen molar-refractivity contribution in [3.63, 3.8) is 0 Å². The van der Waals surface area contributed by atoms with E-state index >= 15 is 0 Å². The average molecular weight is 625 g/mol. The van der Waals surface area contributed by atoms with Gasteiger partial charge in [0.2, 0.25) is 0 Å². The third kappa shape index (κ3) is 4.51. The van der Waals surface area contributed by atoms with Gasteiger partial charge in [-0.1, -0.05) is 97.1 Å². The van der Waals surface area contributed by atoms with Crippen LogP contribution in [0.25, 0.3) is 98.9 Å². The van der Waals surface area contributed by atoms with Crippen LogP contribution in [0, 0.1) is 0 Å². The molecule has 0 atom stereocenters. The van der Waals surface area contributed by atoms with Gasteiger partial charge in [0.25, 0.3) is 0 Å². The maximum atomic E-state index is 6.26. The number of pyridine rings is 2. The molecule has 0 fully saturated rings. The maximum absolute atomic E-state index is 6.26. The molecule has 0 unspecified atom stereocenters. The zero-order valence-corrected chi connectivity index (χ0v) is 26.5. The monoisotopic (exact) mass is 624 g/mol. The van der Waals surface area contributed by atoms with Gasteiger partial charge in [0, 0.05) is 40.5 Å². The second-order valence-corrected chi connectivity index (χ2v) is 12.6. The molecule has 0 spiro atoms. The first kappa shape index (κ1) is 27.5. The Labute approximate surface area is 282 Å². The van der Waals surface area contributed by atoms with Crippen molar-refractivity contribution >= 4 is 54.3 Å². The minimum absolute atomic E-state index is 0.883. The molecular weight excluding hydrogens is 597 g/mol. The summed E-state index contributed by atoms with van der Waals surface area (Å²) in [7, 11) is 0. The van der Waals surface area contributed by atoms with E-state index in [1.807, 2.05) is 18.6 Å². The minimum Gasteiger partial charge on any atom is -0.456 e. The molecule has 0 aliphatic rings. The Morgan fingerprint density at radius 1 is 0.367 bits per heavy atom. The van der Waals surface area contributed by atoms with E-state index < -0.39 is 0 Å². The van der Waals surface area contributed by atoms with Crippen LogP contribution in [-0.4, -0.2) is 9.97 Å². The van der Waals surface area contributed by atoms with Crippen LogP contribution in [0.1, 0.15) is 0 Å². The molecule has 0 amide bonds. The Kier molecular flexibility index (Phi) is 6.18. The van der Waals surface area contributed by atoms with Crippen LogP contribution < -0.4 is 0 Å². The molecule has 228 valence electrons. The Morgan fingerprint density at radius 2 is 1.00 bits per heavy atom. The van der Waals surface area contributed by atoms with Gasteiger partial charge in [-0.3, -0.25) is 9.97 Å². The molecule has 3 heteroatoms. The highest BCUT2D eigenvalue weighted by Crippen LogP contribution is 2.45. The number of hydrogen-bond acceptors (Lipinski definition) is 3. The topological polar surface area (TPSA) is 38.9 Å². The number of aromatic nitrogens is 2. The largest absolute Gasteiger partial charge is 0.456 e. The van der Waals surface area contributed by atoms with E-state index in [1.54, 1.807) is 0 Å². The van der Waals surface area contributed by atoms with Gasteiger partial charge in [0.15, 0.2) is 0 Å². The standard InChI is InChI=1S/C46H28N2O/c1-2-8-30(9-3-1)45-36-12-6-7-13-37(36)46(38-17-14-33(25-41(38)45)29-20-22-47-23-21-29)35-15-18-42(48-28-35)34-16-19-43-39(26-34)40-24-31-10-4-5-11-32(31)27-44(40)49-43/h1-28H. The highest BCUT2D eigenvalue weighted by atomic mass is 16.3. The van der Waals surface area contributed by atoms with Crippen LogP contribution in [0.15, 0.2) is 175 Å². The zero-order chi connectivity index (χ0) is 32.3. The van der Waals surface area contributed by atoms with Crippen molar-refractivity contribution in [2.24, 2.45) is 0 Å². The predicted molar refractivity (Wildman–Crippen MR) is 204 cm³/mol. The quantitative estimate of drug-likeness (QED) is 0.183. The molecule has 0 saturated heterocycles. The first-order valence-corrected chi connectivity index (χ1v) is 16.5. The molecule has 10 aromatic rings. The number of fused-ring (bicyclic) bond motifs is 6. The second-order valence-electron chi connectivity index (χ2n) is 12.6. The zero-order valence-electron chi connectivity index (χ0n) is 26.5. The predicted octanol–water partition coefficient (Wildman–Crippen LogP) is 12.5. The molecule has 0 radical (unpaired) electrons. The Balaban J connectivity index is 1.15. The van der Waals surface area contributed by atoms with Gasteiger partial charge < -0.3 is 4.42 Å². The molecule has 0 aliphatic carbocycles. The summed E-state index contributed by atoms with van der Waals surface area (Å²) in [5.74, 6) is 0. The van der Waals surface area contributed by atoms with Gasteiger partial charge in [0.1, 0.15) is 11.2 Å². The van der Waals surface area contributed by atoms with E-state index in [1.165, 1.54) is 49.0 Å². The van der Waals surface area contributed by atoms with Gasteiger partial charge in [-0.05, 0) is 115 Å². The molecular formula is C46H28N2O. The first-order chi connectivity index (χ1) is 24.3. The van der Waals surface area contributed by atoms with Crippen LogP contribution >= 0.6 is 0 Å². The Hall–Kier alpha value is -6.58. The van der Waals surface area contributed by atoms with Crippen LogP contribution in [0.3, 0.4) is 0 Å². The lowest BCUT2D eigenvalue weighted by Gasteiger charge is -2.18. The molecule has 7 aromatic carbocycles. The van der Waals surface area contributed by atoms with Crippen molar-refractivity contribution in [2.45, 2.75) is 0 Å². The summed E-state index contributed by atoms with van der Waals surface area (Å²) in [5.41, 5.74) is 10.8. The highest BCUT2D eigenvalue weighted by molar-refractivity contribution is 6.22. The summed E-state index contributed by atoms with van der Waals surface area (Å²) in [6.07, 6.45) is 5.73. The van der Waals surface area contributed by atoms with Crippen LogP contribution in [0.2, 0.25) is 0 Å². The van der Waals surface area contributed by atoms with Crippen molar-refractivity contribution in [3.8, 4) is 44.6 Å². The van der Waals surface area contributed by atoms with Crippen molar-refractivity contribution in [2.75, 3.05) is 0 Å². The van der Waals surface area contributed by atoms with Crippen LogP contribution in [0.5, 0.6) is 0 Å². The molecule has 0 bridgehead atoms. The van der Waals surface area contributed by atoms with Gasteiger partial charge in [-0.25, -0.2) is 0 Å². The third-order valence-corrected chi connectivity index (χ3v) is 9.79. The number of benzene rings is 7. The lowest BCUT2D eigenvalue weighted by molar-refractivity contribution is 0.669. The molecule has 49 heavy (non-hydrogen) atoms. The fourth-order valence-electron chi connectivity index (χ4n) is 7.46. The molecule has 3 heterocycles. The Bertz CT molecular complexity index is 2850. The van der Waals surface area contributed by atoms with Crippen LogP contribution in [0.4, 0.5) is 0 Å². The van der Waals surface area contributed by atoms with Crippen LogP contribution in [-0.2, 0) is 0 Å². The lowest BCUT2D eigenvalue weighted by atomic mass is 9.85. The van der Waals surface area contributed by atoms with E-state index in [2.05, 4.69) is 157 Å². The summed E-state index contributed by atoms with van der Waals surface area (Å²) in [4.78, 5) is 9.31. The van der Waals surface area contributed by atoms with E-state index in [4.69, 9.17) is 9.40 Å². The fourth-order valence-corrected chi connectivity index (χ4v) is 7.46. The van der Waals surface area contributed by atoms with Crippen molar-refractivity contribution in [3.05, 3.63) is 170 Å². The molecule has 3 nitrogen and oxygen atoms in total. The van der Waals surface area contributed by atoms with Gasteiger partial charge in [-0.2, -0.15) is 0 Å². The summed E-state index contributed by atoms with van der Waals surface area (Å²) in [6, 6.07) is 54.0. The van der Waals surface area contributed by atoms with Crippen molar-refractivity contribution < 1.29 is 4.42 Å². The maximum Gasteiger partial charge on any atom is 0.136 e. The number of furan rings is 1. The molecule has 0 N–H and O–H groups in total. The fraction of sp³-hybridized carbons (Fsp3) is 0. The third-order valence-electron chi connectivity index (χ3n) is 9.79. The summed E-state index contributed by atoms with van der Waals surface area (Å²) < 4.78 is 6.26. The Morgan fingerprint density at radius 3 is 1.78 bits per heavy atom. The number of hydrogen-bond donors (Lipinski definition) is 0. The highest BCUT2D eigenvalue weighted by Gasteiger charge is 2.18. The number of nitrogens with zero attached hydrogens (tertiary/aromatic N) is 2. The van der Waals surface area contributed by atoms with Gasteiger partial charge in [-0.15, -0.1) is 0 Å². The SMILES string of the molecule is c1ccc(-c2c3ccccc3c(-c3ccc(-c4ccc5oc6cc7ccccc7cc6c5c4)nc3)c3ccc(-c4ccncc4)cc23)cc1. The lowest BCUT2D eigenvalue weighted by Crippen LogP contribution is -1.92. The van der Waals surface area contributed by atoms with E-state index in [0.29, 0.717) is 0 Å². The summed E-state index contributed by atoms with van der Waals surface area (Å²) in [6.45, 7) is 0. The number of rotatable bonds is 4. The summed E-state index contributed by atoms with van der Waals surface area (Å²) in [5, 5.41) is 9.44. The van der Waals surface area contributed by atoms with E-state index in [0.717, 1.165) is 49.9 Å². The molecule has 0 saturated carbocycles. The van der Waals surface area contributed by atoms with E-state index in [9.17, 15) is 0 Å². The second kappa shape index (κ2) is 11.0. The van der Waals surface area contributed by atoms with Crippen molar-refractivity contribution in [1.82, 2.24) is 9.97 Å². The summed E-state index contributed by atoms with van der Waals surface area (Å²) >= 11 is 0. The first-order valence-electron chi connectivity index (χ1n) is 16.5. The molecule has 3 aromatic heterocycles. The van der Waals surface area contributed by atoms with E-state index in [-0.39, 0.29) is 0 Å². The molecule has 10 rings (SSSR count). The molecule has 0 aliphatic heterocycles. The van der Waals surface area contributed by atoms with Gasteiger partial charge in [0.05, 0.1) is 5.69 Å². The normalized spacial score (nSPS) is 11.7. The van der Waals surface area contributed by atoms with Gasteiger partial charge >= 0.3 is 0 Å². The van der Waals surface area contributed by atoms with Crippen molar-refractivity contribution in [1.29, 1.82) is 0 Å². The smallest absolute Gasteiger partial charge is 0.136 e.